The third-order valence-electron chi connectivity index (χ3n) is 5.12. The minimum atomic E-state index is 0.0318. The number of aryl methyl sites for hydroxylation is 1. The number of hydrogen-bond donors (Lipinski definition) is 1. The fraction of sp³-hybridized carbons (Fsp3) is 0.333. The molecule has 0 spiro atoms. The number of carbonyl (C=O) groups is 1. The summed E-state index contributed by atoms with van der Waals surface area (Å²) in [5.74, 6) is 0.0318. The van der Waals surface area contributed by atoms with Crippen molar-refractivity contribution < 1.29 is 4.79 Å². The predicted octanol–water partition coefficient (Wildman–Crippen LogP) is 4.30. The van der Waals surface area contributed by atoms with Gasteiger partial charge < -0.3 is 5.32 Å². The molecule has 0 atom stereocenters. The normalized spacial score (nSPS) is 15.4. The number of benzene rings is 2. The van der Waals surface area contributed by atoms with Crippen molar-refractivity contribution in [3.63, 3.8) is 0 Å². The van der Waals surface area contributed by atoms with E-state index in [0.717, 1.165) is 40.6 Å². The molecular formula is C21H23N3O. The van der Waals surface area contributed by atoms with Gasteiger partial charge in [-0.15, -0.1) is 0 Å². The maximum absolute atomic E-state index is 12.4. The summed E-state index contributed by atoms with van der Waals surface area (Å²) in [6, 6.07) is 16.3. The van der Waals surface area contributed by atoms with E-state index >= 15 is 0 Å². The molecule has 0 bridgehead atoms. The summed E-state index contributed by atoms with van der Waals surface area (Å²) in [6.07, 6.45) is 5.93. The number of fused-ring (bicyclic) bond motifs is 1. The van der Waals surface area contributed by atoms with E-state index in [4.69, 9.17) is 0 Å². The van der Waals surface area contributed by atoms with Gasteiger partial charge in [-0.3, -0.25) is 9.48 Å². The van der Waals surface area contributed by atoms with Crippen molar-refractivity contribution in [2.45, 2.75) is 38.1 Å². The van der Waals surface area contributed by atoms with E-state index in [2.05, 4.69) is 22.5 Å². The Kier molecular flexibility index (Phi) is 4.26. The third-order valence-corrected chi connectivity index (χ3v) is 5.12. The van der Waals surface area contributed by atoms with Crippen molar-refractivity contribution in [2.24, 2.45) is 7.05 Å². The summed E-state index contributed by atoms with van der Waals surface area (Å²) in [5, 5.41) is 8.94. The molecule has 0 unspecified atom stereocenters. The van der Waals surface area contributed by atoms with E-state index < -0.39 is 0 Å². The number of para-hydroxylation sites is 1. The van der Waals surface area contributed by atoms with Crippen molar-refractivity contribution in [1.82, 2.24) is 15.1 Å². The lowest BCUT2D eigenvalue weighted by Crippen LogP contribution is -2.36. The van der Waals surface area contributed by atoms with E-state index in [1.54, 1.807) is 0 Å². The first kappa shape index (κ1) is 15.9. The number of nitrogens with zero attached hydrogens (tertiary/aromatic N) is 2. The molecule has 0 radical (unpaired) electrons. The second-order valence-electron chi connectivity index (χ2n) is 6.88. The van der Waals surface area contributed by atoms with Crippen LogP contribution in [0.25, 0.3) is 22.2 Å². The van der Waals surface area contributed by atoms with Gasteiger partial charge in [-0.1, -0.05) is 49.6 Å². The van der Waals surface area contributed by atoms with Crippen molar-refractivity contribution in [1.29, 1.82) is 0 Å². The highest BCUT2D eigenvalue weighted by Gasteiger charge is 2.17. The highest BCUT2D eigenvalue weighted by Crippen LogP contribution is 2.27. The standard InChI is InChI=1S/C21H23N3O/c1-24-19-10-6-5-9-18(19)20(23-24)15-11-13-16(14-12-15)21(25)22-17-7-3-2-4-8-17/h5-6,9-14,17H,2-4,7-8H2,1H3,(H,22,25). The highest BCUT2D eigenvalue weighted by atomic mass is 16.1. The SMILES string of the molecule is Cn1nc(-c2ccc(C(=O)NC3CCCCC3)cc2)c2ccccc21. The van der Waals surface area contributed by atoms with E-state index in [-0.39, 0.29) is 5.91 Å². The Balaban J connectivity index is 1.56. The van der Waals surface area contributed by atoms with Gasteiger partial charge in [-0.05, 0) is 31.0 Å². The van der Waals surface area contributed by atoms with Gasteiger partial charge in [-0.2, -0.15) is 5.10 Å². The Morgan fingerprint density at radius 3 is 2.52 bits per heavy atom. The molecule has 4 heteroatoms. The molecule has 25 heavy (non-hydrogen) atoms. The van der Waals surface area contributed by atoms with Crippen LogP contribution in [0.1, 0.15) is 42.5 Å². The van der Waals surface area contributed by atoms with E-state index in [0.29, 0.717) is 6.04 Å². The van der Waals surface area contributed by atoms with Gasteiger partial charge in [0.2, 0.25) is 0 Å². The van der Waals surface area contributed by atoms with Gasteiger partial charge >= 0.3 is 0 Å². The van der Waals surface area contributed by atoms with Crippen LogP contribution >= 0.6 is 0 Å². The molecule has 4 nitrogen and oxygen atoms in total. The van der Waals surface area contributed by atoms with Crippen molar-refractivity contribution in [3.05, 3.63) is 54.1 Å². The molecule has 1 fully saturated rings. The summed E-state index contributed by atoms with van der Waals surface area (Å²) >= 11 is 0. The molecule has 1 aliphatic rings. The Hall–Kier alpha value is -2.62. The molecule has 0 saturated heterocycles. The number of aromatic nitrogens is 2. The van der Waals surface area contributed by atoms with E-state index in [1.807, 2.05) is 48.1 Å². The van der Waals surface area contributed by atoms with Crippen LogP contribution in [0.3, 0.4) is 0 Å². The molecule has 128 valence electrons. The first-order valence-corrected chi connectivity index (χ1v) is 9.05. The van der Waals surface area contributed by atoms with Crippen LogP contribution in [0.4, 0.5) is 0 Å². The van der Waals surface area contributed by atoms with Gasteiger partial charge in [0, 0.05) is 29.6 Å². The van der Waals surface area contributed by atoms with Gasteiger partial charge in [0.1, 0.15) is 5.69 Å². The molecule has 3 aromatic rings. The van der Waals surface area contributed by atoms with Crippen LogP contribution in [0, 0.1) is 0 Å². The zero-order valence-corrected chi connectivity index (χ0v) is 14.5. The minimum Gasteiger partial charge on any atom is -0.349 e. The van der Waals surface area contributed by atoms with Crippen LogP contribution in [0.2, 0.25) is 0 Å². The largest absolute Gasteiger partial charge is 0.349 e. The summed E-state index contributed by atoms with van der Waals surface area (Å²) in [7, 11) is 1.96. The molecule has 1 amide bonds. The van der Waals surface area contributed by atoms with Crippen LogP contribution in [-0.4, -0.2) is 21.7 Å². The fourth-order valence-electron chi connectivity index (χ4n) is 3.72. The molecule has 1 heterocycles. The maximum atomic E-state index is 12.4. The van der Waals surface area contributed by atoms with E-state index in [9.17, 15) is 4.79 Å². The Morgan fingerprint density at radius 1 is 1.04 bits per heavy atom. The van der Waals surface area contributed by atoms with Gasteiger partial charge in [0.15, 0.2) is 0 Å². The summed E-state index contributed by atoms with van der Waals surface area (Å²) in [4.78, 5) is 12.4. The number of nitrogens with one attached hydrogen (secondary N) is 1. The first-order chi connectivity index (χ1) is 12.2. The van der Waals surface area contributed by atoms with Crippen LogP contribution in [-0.2, 0) is 7.05 Å². The highest BCUT2D eigenvalue weighted by molar-refractivity contribution is 5.96. The topological polar surface area (TPSA) is 46.9 Å². The van der Waals surface area contributed by atoms with Crippen LogP contribution in [0.15, 0.2) is 48.5 Å². The first-order valence-electron chi connectivity index (χ1n) is 9.05. The summed E-state index contributed by atoms with van der Waals surface area (Å²) in [6.45, 7) is 0. The molecular weight excluding hydrogens is 310 g/mol. The molecule has 1 aliphatic carbocycles. The number of carbonyl (C=O) groups excluding carboxylic acids is 1. The second-order valence-corrected chi connectivity index (χ2v) is 6.88. The van der Waals surface area contributed by atoms with Crippen molar-refractivity contribution in [3.8, 4) is 11.3 Å². The van der Waals surface area contributed by atoms with Crippen molar-refractivity contribution >= 4 is 16.8 Å². The quantitative estimate of drug-likeness (QED) is 0.776. The van der Waals surface area contributed by atoms with Gasteiger partial charge in [0.25, 0.3) is 5.91 Å². The maximum Gasteiger partial charge on any atom is 0.251 e. The molecule has 0 aliphatic heterocycles. The monoisotopic (exact) mass is 333 g/mol. The molecule has 2 aromatic carbocycles. The molecule has 1 saturated carbocycles. The number of amides is 1. The zero-order chi connectivity index (χ0) is 17.2. The minimum absolute atomic E-state index is 0.0318. The lowest BCUT2D eigenvalue weighted by molar-refractivity contribution is 0.0927. The molecule has 4 rings (SSSR count). The lowest BCUT2D eigenvalue weighted by Gasteiger charge is -2.22. The number of rotatable bonds is 3. The zero-order valence-electron chi connectivity index (χ0n) is 14.5. The molecule has 1 N–H and O–H groups in total. The smallest absolute Gasteiger partial charge is 0.251 e. The van der Waals surface area contributed by atoms with Crippen LogP contribution in [0.5, 0.6) is 0 Å². The van der Waals surface area contributed by atoms with Crippen molar-refractivity contribution in [2.75, 3.05) is 0 Å². The van der Waals surface area contributed by atoms with E-state index in [1.165, 1.54) is 19.3 Å². The molecule has 1 aromatic heterocycles. The second kappa shape index (κ2) is 6.71. The third kappa shape index (κ3) is 3.16. The predicted molar refractivity (Wildman–Crippen MR) is 100 cm³/mol. The lowest BCUT2D eigenvalue weighted by atomic mass is 9.95. The average Bonchev–Trinajstić information content (AvgIpc) is 3.00. The fourth-order valence-corrected chi connectivity index (χ4v) is 3.72. The summed E-state index contributed by atoms with van der Waals surface area (Å²) in [5.41, 5.74) is 3.81. The Morgan fingerprint density at radius 2 is 1.76 bits per heavy atom. The van der Waals surface area contributed by atoms with Gasteiger partial charge in [-0.25, -0.2) is 0 Å². The Bertz CT molecular complexity index is 889. The summed E-state index contributed by atoms with van der Waals surface area (Å²) < 4.78 is 1.90. The average molecular weight is 333 g/mol. The van der Waals surface area contributed by atoms with Crippen LogP contribution < -0.4 is 5.32 Å². The Labute approximate surface area is 147 Å². The number of hydrogen-bond acceptors (Lipinski definition) is 2. The van der Waals surface area contributed by atoms with Gasteiger partial charge in [0.05, 0.1) is 5.52 Å².